The summed E-state index contributed by atoms with van der Waals surface area (Å²) in [7, 11) is 0. The van der Waals surface area contributed by atoms with E-state index in [-0.39, 0.29) is 11.4 Å². The van der Waals surface area contributed by atoms with Gasteiger partial charge in [0, 0.05) is 19.2 Å². The van der Waals surface area contributed by atoms with Gasteiger partial charge in [-0.3, -0.25) is 10.1 Å². The zero-order valence-electron chi connectivity index (χ0n) is 12.4. The first-order valence-corrected chi connectivity index (χ1v) is 7.28. The van der Waals surface area contributed by atoms with Crippen molar-refractivity contribution < 1.29 is 10.0 Å². The van der Waals surface area contributed by atoms with E-state index in [0.29, 0.717) is 13.1 Å². The minimum absolute atomic E-state index is 0.269. The number of phenols is 1. The van der Waals surface area contributed by atoms with E-state index in [1.165, 1.54) is 22.9 Å². The van der Waals surface area contributed by atoms with Crippen LogP contribution in [0, 0.1) is 10.1 Å². The fraction of sp³-hybridized carbons (Fsp3) is 0.111. The molecule has 0 spiro atoms. The van der Waals surface area contributed by atoms with Gasteiger partial charge in [0.05, 0.1) is 4.92 Å². The van der Waals surface area contributed by atoms with Gasteiger partial charge < -0.3 is 10.4 Å². The molecular formula is C18H16N2O3. The number of nitrogens with one attached hydrogen (secondary N) is 1. The summed E-state index contributed by atoms with van der Waals surface area (Å²) in [6.07, 6.45) is 0. The molecule has 0 atom stereocenters. The van der Waals surface area contributed by atoms with Gasteiger partial charge in [0.2, 0.25) is 0 Å². The molecular weight excluding hydrogens is 292 g/mol. The Morgan fingerprint density at radius 2 is 1.57 bits per heavy atom. The van der Waals surface area contributed by atoms with Gasteiger partial charge in [-0.15, -0.1) is 0 Å². The third kappa shape index (κ3) is 3.46. The number of phenolic OH excluding ortho intramolecular Hbond substituents is 1. The zero-order chi connectivity index (χ0) is 16.2. The number of hydrogen-bond acceptors (Lipinski definition) is 4. The molecule has 3 rings (SSSR count). The number of benzene rings is 3. The lowest BCUT2D eigenvalue weighted by atomic mass is 10.1. The minimum Gasteiger partial charge on any atom is -0.502 e. The molecule has 3 aromatic rings. The van der Waals surface area contributed by atoms with Crippen molar-refractivity contribution >= 4 is 16.5 Å². The average Bonchev–Trinajstić information content (AvgIpc) is 2.56. The summed E-state index contributed by atoms with van der Waals surface area (Å²) in [6, 6.07) is 18.9. The maximum atomic E-state index is 10.8. The number of aromatic hydroxyl groups is 1. The Morgan fingerprint density at radius 1 is 0.913 bits per heavy atom. The van der Waals surface area contributed by atoms with Crippen LogP contribution < -0.4 is 5.32 Å². The van der Waals surface area contributed by atoms with E-state index in [0.717, 1.165) is 11.1 Å². The Labute approximate surface area is 133 Å². The highest BCUT2D eigenvalue weighted by atomic mass is 16.6. The molecule has 23 heavy (non-hydrogen) atoms. The van der Waals surface area contributed by atoms with E-state index in [1.54, 1.807) is 6.07 Å². The lowest BCUT2D eigenvalue weighted by Gasteiger charge is -2.07. The van der Waals surface area contributed by atoms with E-state index >= 15 is 0 Å². The molecule has 0 saturated carbocycles. The second-order valence-electron chi connectivity index (χ2n) is 5.37. The van der Waals surface area contributed by atoms with Crippen molar-refractivity contribution in [2.24, 2.45) is 0 Å². The molecule has 0 fully saturated rings. The summed E-state index contributed by atoms with van der Waals surface area (Å²) in [5.74, 6) is -0.312. The fourth-order valence-electron chi connectivity index (χ4n) is 2.53. The first-order chi connectivity index (χ1) is 11.1. The molecule has 0 amide bonds. The van der Waals surface area contributed by atoms with E-state index in [4.69, 9.17) is 0 Å². The predicted molar refractivity (Wildman–Crippen MR) is 89.3 cm³/mol. The number of fused-ring (bicyclic) bond motifs is 1. The largest absolute Gasteiger partial charge is 0.502 e. The van der Waals surface area contributed by atoms with Crippen LogP contribution in [0.2, 0.25) is 0 Å². The molecule has 5 nitrogen and oxygen atoms in total. The second kappa shape index (κ2) is 6.46. The topological polar surface area (TPSA) is 75.4 Å². The molecule has 116 valence electrons. The van der Waals surface area contributed by atoms with Gasteiger partial charge in [0.1, 0.15) is 0 Å². The Kier molecular flexibility index (Phi) is 4.21. The fourth-order valence-corrected chi connectivity index (χ4v) is 2.53. The summed E-state index contributed by atoms with van der Waals surface area (Å²) < 4.78 is 0. The van der Waals surface area contributed by atoms with Gasteiger partial charge in [0.25, 0.3) is 0 Å². The van der Waals surface area contributed by atoms with Gasteiger partial charge in [-0.2, -0.15) is 0 Å². The maximum Gasteiger partial charge on any atom is 0.311 e. The Bertz CT molecular complexity index is 862. The molecule has 3 aromatic carbocycles. The van der Waals surface area contributed by atoms with Crippen molar-refractivity contribution in [1.82, 2.24) is 5.32 Å². The van der Waals surface area contributed by atoms with Gasteiger partial charge in [-0.1, -0.05) is 42.5 Å². The molecule has 0 bridgehead atoms. The molecule has 0 unspecified atom stereocenters. The number of nitro groups is 1. The normalized spacial score (nSPS) is 10.8. The second-order valence-corrected chi connectivity index (χ2v) is 5.37. The molecule has 5 heteroatoms. The lowest BCUT2D eigenvalue weighted by molar-refractivity contribution is -0.385. The highest BCUT2D eigenvalue weighted by Gasteiger charge is 2.13. The monoisotopic (exact) mass is 308 g/mol. The Morgan fingerprint density at radius 3 is 2.30 bits per heavy atom. The highest BCUT2D eigenvalue weighted by molar-refractivity contribution is 5.82. The predicted octanol–water partition coefficient (Wildman–Crippen LogP) is 3.74. The zero-order valence-corrected chi connectivity index (χ0v) is 12.4. The maximum absolute atomic E-state index is 10.8. The van der Waals surface area contributed by atoms with E-state index in [9.17, 15) is 15.2 Å². The summed E-state index contributed by atoms with van der Waals surface area (Å²) in [5, 5.41) is 25.9. The molecule has 0 radical (unpaired) electrons. The van der Waals surface area contributed by atoms with E-state index in [1.807, 2.05) is 12.1 Å². The van der Waals surface area contributed by atoms with Crippen LogP contribution in [0.3, 0.4) is 0 Å². The minimum atomic E-state index is -0.581. The van der Waals surface area contributed by atoms with Crippen molar-refractivity contribution in [1.29, 1.82) is 0 Å². The summed E-state index contributed by atoms with van der Waals surface area (Å²) in [5.41, 5.74) is 1.64. The van der Waals surface area contributed by atoms with Gasteiger partial charge in [-0.05, 0) is 34.0 Å². The molecule has 0 heterocycles. The van der Waals surface area contributed by atoms with Crippen LogP contribution in [0.4, 0.5) is 5.69 Å². The number of nitro benzene ring substituents is 1. The van der Waals surface area contributed by atoms with Crippen molar-refractivity contribution in [3.05, 3.63) is 81.9 Å². The van der Waals surface area contributed by atoms with Crippen molar-refractivity contribution in [3.8, 4) is 5.75 Å². The Hall–Kier alpha value is -2.92. The highest BCUT2D eigenvalue weighted by Crippen LogP contribution is 2.26. The van der Waals surface area contributed by atoms with Crippen molar-refractivity contribution in [2.45, 2.75) is 13.1 Å². The number of hydrogen-bond donors (Lipinski definition) is 2. The molecule has 0 aliphatic rings. The third-order valence-corrected chi connectivity index (χ3v) is 3.71. The first-order valence-electron chi connectivity index (χ1n) is 7.28. The molecule has 0 aliphatic heterocycles. The van der Waals surface area contributed by atoms with Crippen molar-refractivity contribution in [3.63, 3.8) is 0 Å². The van der Waals surface area contributed by atoms with Gasteiger partial charge in [0.15, 0.2) is 5.75 Å². The Balaban J connectivity index is 1.66. The van der Waals surface area contributed by atoms with Crippen LogP contribution in [-0.2, 0) is 13.1 Å². The quantitative estimate of drug-likeness (QED) is 0.556. The average molecular weight is 308 g/mol. The van der Waals surface area contributed by atoms with Crippen LogP contribution in [0.5, 0.6) is 5.75 Å². The summed E-state index contributed by atoms with van der Waals surface area (Å²) in [6.45, 7) is 1.16. The van der Waals surface area contributed by atoms with Gasteiger partial charge in [-0.25, -0.2) is 0 Å². The summed E-state index contributed by atoms with van der Waals surface area (Å²) >= 11 is 0. The van der Waals surface area contributed by atoms with Crippen LogP contribution >= 0.6 is 0 Å². The van der Waals surface area contributed by atoms with Crippen molar-refractivity contribution in [2.75, 3.05) is 0 Å². The van der Waals surface area contributed by atoms with Crippen LogP contribution in [-0.4, -0.2) is 10.0 Å². The third-order valence-electron chi connectivity index (χ3n) is 3.71. The standard InChI is InChI=1S/C18H16N2O3/c21-18-8-6-14(10-17(18)20(22)23)12-19-11-13-5-7-15-3-1-2-4-16(15)9-13/h1-10,19,21H,11-12H2. The summed E-state index contributed by atoms with van der Waals surface area (Å²) in [4.78, 5) is 10.2. The smallest absolute Gasteiger partial charge is 0.311 e. The van der Waals surface area contributed by atoms with Crippen LogP contribution in [0.15, 0.2) is 60.7 Å². The van der Waals surface area contributed by atoms with E-state index < -0.39 is 4.92 Å². The van der Waals surface area contributed by atoms with Crippen LogP contribution in [0.25, 0.3) is 10.8 Å². The molecule has 0 saturated heterocycles. The van der Waals surface area contributed by atoms with Crippen LogP contribution in [0.1, 0.15) is 11.1 Å². The number of rotatable bonds is 5. The molecule has 0 aliphatic carbocycles. The van der Waals surface area contributed by atoms with Gasteiger partial charge >= 0.3 is 5.69 Å². The lowest BCUT2D eigenvalue weighted by Crippen LogP contribution is -2.12. The molecule has 0 aromatic heterocycles. The van der Waals surface area contributed by atoms with E-state index in [2.05, 4.69) is 35.6 Å². The molecule has 2 N–H and O–H groups in total. The number of nitrogens with zero attached hydrogens (tertiary/aromatic N) is 1. The first kappa shape index (κ1) is 15.0. The SMILES string of the molecule is O=[N+]([O-])c1cc(CNCc2ccc3ccccc3c2)ccc1O.